The molecule has 1 aliphatic heterocycles. The first kappa shape index (κ1) is 17.9. The van der Waals surface area contributed by atoms with Crippen LogP contribution in [0.15, 0.2) is 35.2 Å². The molecule has 6 heteroatoms. The number of carbonyl (C=O) groups excluding carboxylic acids is 1. The van der Waals surface area contributed by atoms with Crippen LogP contribution in [0.4, 0.5) is 5.69 Å². The molecule has 4 bridgehead atoms. The van der Waals surface area contributed by atoms with Gasteiger partial charge in [-0.3, -0.25) is 4.79 Å². The van der Waals surface area contributed by atoms with Crippen LogP contribution in [0, 0.1) is 29.6 Å². The van der Waals surface area contributed by atoms with E-state index in [0.717, 1.165) is 11.8 Å². The van der Waals surface area contributed by atoms with Gasteiger partial charge in [0.15, 0.2) is 0 Å². The Morgan fingerprint density at radius 3 is 2.38 bits per heavy atom. The highest BCUT2D eigenvalue weighted by molar-refractivity contribution is 7.89. The molecule has 0 aromatic heterocycles. The van der Waals surface area contributed by atoms with Crippen LogP contribution in [0.1, 0.15) is 49.4 Å². The van der Waals surface area contributed by atoms with Gasteiger partial charge < -0.3 is 5.32 Å². The predicted octanol–water partition coefficient (Wildman–Crippen LogP) is 4.14. The van der Waals surface area contributed by atoms with Crippen molar-refractivity contribution in [2.45, 2.75) is 50.0 Å². The molecule has 0 saturated heterocycles. The SMILES string of the molecule is CC(NS(=O)(=O)c1ccc2c3c(cccc13)C(=O)N2)C1C2CC3CC(C2)CC1C3. The Morgan fingerprint density at radius 1 is 1.00 bits per heavy atom. The van der Waals surface area contributed by atoms with Crippen molar-refractivity contribution in [2.75, 3.05) is 5.32 Å². The largest absolute Gasteiger partial charge is 0.321 e. The van der Waals surface area contributed by atoms with Crippen LogP contribution >= 0.6 is 0 Å². The number of hydrogen-bond donors (Lipinski definition) is 2. The zero-order valence-corrected chi connectivity index (χ0v) is 17.3. The molecule has 5 nitrogen and oxygen atoms in total. The first-order valence-electron chi connectivity index (χ1n) is 10.8. The normalized spacial score (nSPS) is 33.3. The van der Waals surface area contributed by atoms with E-state index in [1.54, 1.807) is 30.3 Å². The minimum atomic E-state index is -3.68. The van der Waals surface area contributed by atoms with Gasteiger partial charge in [-0.25, -0.2) is 13.1 Å². The van der Waals surface area contributed by atoms with Gasteiger partial charge in [-0.2, -0.15) is 0 Å². The highest BCUT2D eigenvalue weighted by Crippen LogP contribution is 2.57. The summed E-state index contributed by atoms with van der Waals surface area (Å²) < 4.78 is 29.8. The average molecular weight is 411 g/mol. The molecule has 1 heterocycles. The Hall–Kier alpha value is -1.92. The fourth-order valence-electron chi connectivity index (χ4n) is 7.27. The van der Waals surface area contributed by atoms with E-state index < -0.39 is 10.0 Å². The van der Waals surface area contributed by atoms with Crippen LogP contribution in [0.25, 0.3) is 10.8 Å². The molecule has 0 radical (unpaired) electrons. The zero-order chi connectivity index (χ0) is 19.9. The van der Waals surface area contributed by atoms with Gasteiger partial charge in [0.1, 0.15) is 0 Å². The molecule has 1 unspecified atom stereocenters. The van der Waals surface area contributed by atoms with Crippen molar-refractivity contribution in [2.24, 2.45) is 29.6 Å². The third kappa shape index (κ3) is 2.61. The number of nitrogens with one attached hydrogen (secondary N) is 2. The topological polar surface area (TPSA) is 75.3 Å². The number of hydrogen-bond acceptors (Lipinski definition) is 3. The van der Waals surface area contributed by atoms with Crippen molar-refractivity contribution in [3.05, 3.63) is 35.9 Å². The molecule has 4 saturated carbocycles. The Morgan fingerprint density at radius 2 is 1.69 bits per heavy atom. The number of rotatable bonds is 4. The first-order chi connectivity index (χ1) is 13.9. The van der Waals surface area contributed by atoms with E-state index in [2.05, 4.69) is 17.0 Å². The molecule has 4 fully saturated rings. The van der Waals surface area contributed by atoms with Gasteiger partial charge >= 0.3 is 0 Å². The Bertz CT molecular complexity index is 1110. The van der Waals surface area contributed by atoms with Crippen molar-refractivity contribution in [1.29, 1.82) is 0 Å². The summed E-state index contributed by atoms with van der Waals surface area (Å²) in [5.74, 6) is 3.35. The molecule has 0 spiro atoms. The molecular formula is C23H26N2O3S. The van der Waals surface area contributed by atoms with Crippen LogP contribution in [-0.2, 0) is 10.0 Å². The summed E-state index contributed by atoms with van der Waals surface area (Å²) in [6.45, 7) is 2.05. The molecule has 29 heavy (non-hydrogen) atoms. The fourth-order valence-corrected chi connectivity index (χ4v) is 8.75. The number of sulfonamides is 1. The van der Waals surface area contributed by atoms with E-state index in [1.165, 1.54) is 32.1 Å². The number of carbonyl (C=O) groups is 1. The molecule has 2 aromatic rings. The van der Waals surface area contributed by atoms with Gasteiger partial charge in [-0.15, -0.1) is 0 Å². The van der Waals surface area contributed by atoms with E-state index in [1.807, 2.05) is 0 Å². The lowest BCUT2D eigenvalue weighted by Gasteiger charge is -2.56. The van der Waals surface area contributed by atoms with Gasteiger partial charge in [0.05, 0.1) is 4.90 Å². The van der Waals surface area contributed by atoms with Crippen molar-refractivity contribution in [3.63, 3.8) is 0 Å². The summed E-state index contributed by atoms with van der Waals surface area (Å²) >= 11 is 0. The van der Waals surface area contributed by atoms with E-state index in [4.69, 9.17) is 0 Å². The highest BCUT2D eigenvalue weighted by atomic mass is 32.2. The molecule has 2 N–H and O–H groups in total. The second kappa shape index (κ2) is 6.05. The van der Waals surface area contributed by atoms with Gasteiger partial charge in [0.2, 0.25) is 10.0 Å². The minimum Gasteiger partial charge on any atom is -0.321 e. The molecule has 4 aliphatic carbocycles. The number of anilines is 1. The lowest BCUT2D eigenvalue weighted by Crippen LogP contribution is -2.52. The van der Waals surface area contributed by atoms with Crippen LogP contribution in [0.2, 0.25) is 0 Å². The summed E-state index contributed by atoms with van der Waals surface area (Å²) in [5, 5.41) is 4.15. The van der Waals surface area contributed by atoms with Gasteiger partial charge in [-0.05, 0) is 86.8 Å². The predicted molar refractivity (Wildman–Crippen MR) is 112 cm³/mol. The van der Waals surface area contributed by atoms with E-state index in [0.29, 0.717) is 39.8 Å². The van der Waals surface area contributed by atoms with E-state index in [9.17, 15) is 13.2 Å². The standard InChI is InChI=1S/C23H26N2O3S/c1-12(21-15-8-13-7-14(10-15)11-16(21)9-13)25-29(27,28)20-6-5-19-22-17(20)3-2-4-18(22)23(26)24-19/h2-6,12-16,21,25H,7-11H2,1H3,(H,24,26). The van der Waals surface area contributed by atoms with Crippen molar-refractivity contribution in [3.8, 4) is 0 Å². The summed E-state index contributed by atoms with van der Waals surface area (Å²) in [6.07, 6.45) is 6.50. The third-order valence-electron chi connectivity index (χ3n) is 8.00. The molecule has 7 rings (SSSR count). The van der Waals surface area contributed by atoms with Gasteiger partial charge in [0, 0.05) is 28.1 Å². The minimum absolute atomic E-state index is 0.0715. The summed E-state index contributed by atoms with van der Waals surface area (Å²) in [7, 11) is -3.68. The van der Waals surface area contributed by atoms with Crippen molar-refractivity contribution >= 4 is 32.4 Å². The summed E-state index contributed by atoms with van der Waals surface area (Å²) in [5.41, 5.74) is 1.23. The lowest BCUT2D eigenvalue weighted by molar-refractivity contribution is -0.0463. The molecule has 1 amide bonds. The van der Waals surface area contributed by atoms with Crippen LogP contribution in [-0.4, -0.2) is 20.4 Å². The Labute approximate surface area is 171 Å². The Kier molecular flexibility index (Phi) is 3.73. The maximum Gasteiger partial charge on any atom is 0.256 e. The van der Waals surface area contributed by atoms with E-state index in [-0.39, 0.29) is 16.8 Å². The van der Waals surface area contributed by atoms with Crippen molar-refractivity contribution in [1.82, 2.24) is 4.72 Å². The van der Waals surface area contributed by atoms with Gasteiger partial charge in [-0.1, -0.05) is 12.1 Å². The number of benzene rings is 2. The zero-order valence-electron chi connectivity index (χ0n) is 16.5. The number of amides is 1. The quantitative estimate of drug-likeness (QED) is 0.795. The Balaban J connectivity index is 1.34. The van der Waals surface area contributed by atoms with Crippen molar-refractivity contribution < 1.29 is 13.2 Å². The third-order valence-corrected chi connectivity index (χ3v) is 9.62. The van der Waals surface area contributed by atoms with E-state index >= 15 is 0 Å². The van der Waals surface area contributed by atoms with Crippen LogP contribution in [0.5, 0.6) is 0 Å². The second-order valence-corrected chi connectivity index (χ2v) is 11.4. The van der Waals surface area contributed by atoms with Gasteiger partial charge in [0.25, 0.3) is 5.91 Å². The maximum absolute atomic E-state index is 13.4. The summed E-state index contributed by atoms with van der Waals surface area (Å²) in [4.78, 5) is 12.4. The molecule has 2 aromatic carbocycles. The lowest BCUT2D eigenvalue weighted by atomic mass is 9.51. The molecule has 1 atom stereocenters. The molecular weight excluding hydrogens is 384 g/mol. The van der Waals surface area contributed by atoms with Crippen LogP contribution in [0.3, 0.4) is 0 Å². The summed E-state index contributed by atoms with van der Waals surface area (Å²) in [6, 6.07) is 8.56. The highest BCUT2D eigenvalue weighted by Gasteiger charge is 2.50. The average Bonchev–Trinajstić information content (AvgIpc) is 2.98. The first-order valence-corrected chi connectivity index (χ1v) is 12.3. The smallest absolute Gasteiger partial charge is 0.256 e. The van der Waals surface area contributed by atoms with Crippen LogP contribution < -0.4 is 10.0 Å². The maximum atomic E-state index is 13.4. The molecule has 152 valence electrons. The molecule has 5 aliphatic rings. The fraction of sp³-hybridized carbons (Fsp3) is 0.522. The monoisotopic (exact) mass is 410 g/mol. The second-order valence-electron chi connectivity index (χ2n) is 9.71.